The normalized spacial score (nSPS) is 9.41. The van der Waals surface area contributed by atoms with Gasteiger partial charge in [-0.05, 0) is 18.2 Å². The van der Waals surface area contributed by atoms with E-state index in [1.165, 1.54) is 12.1 Å². The molecule has 5 N–H and O–H groups in total. The summed E-state index contributed by atoms with van der Waals surface area (Å²) in [5.74, 6) is -1.68. The van der Waals surface area contributed by atoms with Crippen molar-refractivity contribution < 1.29 is 19.5 Å². The van der Waals surface area contributed by atoms with Crippen LogP contribution in [0.2, 0.25) is 0 Å². The fourth-order valence-electron chi connectivity index (χ4n) is 1.14. The van der Waals surface area contributed by atoms with Crippen LogP contribution < -0.4 is 16.4 Å². The van der Waals surface area contributed by atoms with Crippen LogP contribution in [0.3, 0.4) is 0 Å². The van der Waals surface area contributed by atoms with Crippen molar-refractivity contribution in [3.8, 4) is 0 Å². The standard InChI is InChI=1S/C10H11N3O4/c11-10(17)13-7-3-1-2-6(4-7)9(16)12-5-8(14)15/h1-4H,5H2,(H,12,16)(H,14,15)(H3,11,13,17). The van der Waals surface area contributed by atoms with Gasteiger partial charge in [-0.2, -0.15) is 0 Å². The molecule has 0 fully saturated rings. The first-order chi connectivity index (χ1) is 7.99. The number of urea groups is 1. The molecule has 0 radical (unpaired) electrons. The summed E-state index contributed by atoms with van der Waals surface area (Å²) in [5.41, 5.74) is 5.52. The van der Waals surface area contributed by atoms with E-state index in [-0.39, 0.29) is 5.56 Å². The van der Waals surface area contributed by atoms with Crippen molar-refractivity contribution in [2.45, 2.75) is 0 Å². The number of rotatable bonds is 4. The highest BCUT2D eigenvalue weighted by atomic mass is 16.4. The van der Waals surface area contributed by atoms with E-state index in [4.69, 9.17) is 10.8 Å². The minimum atomic E-state index is -1.13. The summed E-state index contributed by atoms with van der Waals surface area (Å²) in [7, 11) is 0. The molecule has 0 aliphatic heterocycles. The monoisotopic (exact) mass is 237 g/mol. The van der Waals surface area contributed by atoms with Gasteiger partial charge in [0, 0.05) is 11.3 Å². The van der Waals surface area contributed by atoms with Crippen molar-refractivity contribution >= 4 is 23.6 Å². The Morgan fingerprint density at radius 2 is 2.00 bits per heavy atom. The van der Waals surface area contributed by atoms with E-state index in [1.54, 1.807) is 12.1 Å². The molecule has 0 spiro atoms. The lowest BCUT2D eigenvalue weighted by Gasteiger charge is -2.05. The van der Waals surface area contributed by atoms with Gasteiger partial charge in [-0.1, -0.05) is 6.07 Å². The lowest BCUT2D eigenvalue weighted by molar-refractivity contribution is -0.135. The van der Waals surface area contributed by atoms with Gasteiger partial charge in [0.25, 0.3) is 5.91 Å². The molecule has 1 rings (SSSR count). The first-order valence-electron chi connectivity index (χ1n) is 4.65. The molecule has 1 aromatic carbocycles. The van der Waals surface area contributed by atoms with E-state index in [0.717, 1.165) is 0 Å². The van der Waals surface area contributed by atoms with E-state index in [2.05, 4.69) is 10.6 Å². The van der Waals surface area contributed by atoms with Crippen molar-refractivity contribution in [1.82, 2.24) is 5.32 Å². The second kappa shape index (κ2) is 5.50. The molecule has 1 aromatic rings. The number of amides is 3. The van der Waals surface area contributed by atoms with Crippen molar-refractivity contribution in [3.63, 3.8) is 0 Å². The number of carbonyl (C=O) groups is 3. The zero-order valence-corrected chi connectivity index (χ0v) is 8.77. The lowest BCUT2D eigenvalue weighted by atomic mass is 10.2. The second-order valence-electron chi connectivity index (χ2n) is 3.15. The number of nitrogens with two attached hydrogens (primary N) is 1. The third-order valence-electron chi connectivity index (χ3n) is 1.79. The number of hydrogen-bond acceptors (Lipinski definition) is 3. The molecule has 90 valence electrons. The number of aliphatic carboxylic acids is 1. The Kier molecular flexibility index (Phi) is 4.04. The summed E-state index contributed by atoms with van der Waals surface area (Å²) in [6, 6.07) is 5.23. The predicted molar refractivity (Wildman–Crippen MR) is 59.6 cm³/mol. The van der Waals surface area contributed by atoms with Crippen molar-refractivity contribution in [2.75, 3.05) is 11.9 Å². The zero-order valence-electron chi connectivity index (χ0n) is 8.77. The van der Waals surface area contributed by atoms with Crippen LogP contribution in [-0.4, -0.2) is 29.6 Å². The molecule has 0 unspecified atom stereocenters. The predicted octanol–water partition coefficient (Wildman–Crippen LogP) is -0.00840. The number of carboxylic acid groups (broad SMARTS) is 1. The largest absolute Gasteiger partial charge is 0.480 e. The molecule has 0 bridgehead atoms. The van der Waals surface area contributed by atoms with Crippen molar-refractivity contribution in [1.29, 1.82) is 0 Å². The Bertz CT molecular complexity index is 459. The van der Waals surface area contributed by atoms with Gasteiger partial charge in [0.15, 0.2) is 0 Å². The first-order valence-corrected chi connectivity index (χ1v) is 4.65. The maximum absolute atomic E-state index is 11.5. The zero-order chi connectivity index (χ0) is 12.8. The van der Waals surface area contributed by atoms with Gasteiger partial charge in [-0.25, -0.2) is 4.79 Å². The van der Waals surface area contributed by atoms with Gasteiger partial charge in [0.1, 0.15) is 6.54 Å². The highest BCUT2D eigenvalue weighted by Gasteiger charge is 2.07. The average molecular weight is 237 g/mol. The van der Waals surface area contributed by atoms with Crippen molar-refractivity contribution in [2.24, 2.45) is 5.73 Å². The number of hydrogen-bond donors (Lipinski definition) is 4. The van der Waals surface area contributed by atoms with Crippen LogP contribution in [-0.2, 0) is 4.79 Å². The number of carbonyl (C=O) groups excluding carboxylic acids is 2. The molecule has 0 heterocycles. The van der Waals surface area contributed by atoms with Gasteiger partial charge in [0.05, 0.1) is 0 Å². The Morgan fingerprint density at radius 1 is 1.29 bits per heavy atom. The molecule has 7 heteroatoms. The molecule has 3 amide bonds. The first kappa shape index (κ1) is 12.5. The van der Waals surface area contributed by atoms with Crippen molar-refractivity contribution in [3.05, 3.63) is 29.8 Å². The van der Waals surface area contributed by atoms with Crippen LogP contribution in [0.5, 0.6) is 0 Å². The van der Waals surface area contributed by atoms with E-state index in [0.29, 0.717) is 5.69 Å². The number of carboxylic acids is 1. The number of benzene rings is 1. The summed E-state index contributed by atoms with van der Waals surface area (Å²) < 4.78 is 0. The molecule has 0 saturated heterocycles. The van der Waals surface area contributed by atoms with Crippen LogP contribution in [0, 0.1) is 0 Å². The summed E-state index contributed by atoms with van der Waals surface area (Å²) in [6.45, 7) is -0.466. The quantitative estimate of drug-likeness (QED) is 0.588. The molecular formula is C10H11N3O4. The van der Waals surface area contributed by atoms with E-state index in [9.17, 15) is 14.4 Å². The fourth-order valence-corrected chi connectivity index (χ4v) is 1.14. The highest BCUT2D eigenvalue weighted by molar-refractivity contribution is 5.97. The molecule has 7 nitrogen and oxygen atoms in total. The van der Waals surface area contributed by atoms with Gasteiger partial charge in [-0.3, -0.25) is 9.59 Å². The third kappa shape index (κ3) is 4.20. The van der Waals surface area contributed by atoms with Gasteiger partial charge < -0.3 is 21.5 Å². The van der Waals surface area contributed by atoms with Gasteiger partial charge >= 0.3 is 12.0 Å². The maximum Gasteiger partial charge on any atom is 0.322 e. The highest BCUT2D eigenvalue weighted by Crippen LogP contribution is 2.10. The summed E-state index contributed by atoms with van der Waals surface area (Å²) >= 11 is 0. The van der Waals surface area contributed by atoms with E-state index in [1.807, 2.05) is 0 Å². The molecule has 0 saturated carbocycles. The Morgan fingerprint density at radius 3 is 2.59 bits per heavy atom. The maximum atomic E-state index is 11.5. The average Bonchev–Trinajstić information content (AvgIpc) is 2.25. The Hall–Kier alpha value is -2.57. The topological polar surface area (TPSA) is 122 Å². The Balaban J connectivity index is 2.73. The molecule has 0 aromatic heterocycles. The van der Waals surface area contributed by atoms with Crippen LogP contribution >= 0.6 is 0 Å². The van der Waals surface area contributed by atoms with Crippen LogP contribution in [0.1, 0.15) is 10.4 Å². The number of nitrogens with one attached hydrogen (secondary N) is 2. The molecule has 0 atom stereocenters. The molecule has 0 aliphatic carbocycles. The minimum Gasteiger partial charge on any atom is -0.480 e. The summed E-state index contributed by atoms with van der Waals surface area (Å²) in [4.78, 5) is 32.3. The second-order valence-corrected chi connectivity index (χ2v) is 3.15. The molecular weight excluding hydrogens is 226 g/mol. The van der Waals surface area contributed by atoms with Crippen LogP contribution in [0.15, 0.2) is 24.3 Å². The van der Waals surface area contributed by atoms with Gasteiger partial charge in [0.2, 0.25) is 0 Å². The smallest absolute Gasteiger partial charge is 0.322 e. The molecule has 17 heavy (non-hydrogen) atoms. The fraction of sp³-hybridized carbons (Fsp3) is 0.100. The lowest BCUT2D eigenvalue weighted by Crippen LogP contribution is -2.29. The van der Waals surface area contributed by atoms with Gasteiger partial charge in [-0.15, -0.1) is 0 Å². The Labute approximate surface area is 96.6 Å². The van der Waals surface area contributed by atoms with Crippen LogP contribution in [0.25, 0.3) is 0 Å². The number of primary amides is 1. The van der Waals surface area contributed by atoms with E-state index < -0.39 is 24.5 Å². The van der Waals surface area contributed by atoms with E-state index >= 15 is 0 Å². The summed E-state index contributed by atoms with van der Waals surface area (Å²) in [6.07, 6.45) is 0. The summed E-state index contributed by atoms with van der Waals surface area (Å²) in [5, 5.41) is 12.9. The molecule has 0 aliphatic rings. The van der Waals surface area contributed by atoms with Crippen LogP contribution in [0.4, 0.5) is 10.5 Å². The number of anilines is 1. The minimum absolute atomic E-state index is 0.234. The SMILES string of the molecule is NC(=O)Nc1cccc(C(=O)NCC(=O)O)c1. The third-order valence-corrected chi connectivity index (χ3v) is 1.79.